The van der Waals surface area contributed by atoms with Crippen molar-refractivity contribution in [3.05, 3.63) is 70.4 Å². The Bertz CT molecular complexity index is 1020. The predicted octanol–water partition coefficient (Wildman–Crippen LogP) is 4.24. The molecule has 4 rings (SSSR count). The molecule has 3 aromatic rings. The molecule has 0 radical (unpaired) electrons. The van der Waals surface area contributed by atoms with E-state index in [0.29, 0.717) is 28.6 Å². The summed E-state index contributed by atoms with van der Waals surface area (Å²) >= 11 is 1.32. The van der Waals surface area contributed by atoms with E-state index in [1.54, 1.807) is 22.4 Å². The Kier molecular flexibility index (Phi) is 5.53. The van der Waals surface area contributed by atoms with Crippen LogP contribution in [0.25, 0.3) is 0 Å². The van der Waals surface area contributed by atoms with Crippen LogP contribution >= 0.6 is 11.3 Å². The number of benzene rings is 2. The lowest BCUT2D eigenvalue weighted by atomic mass is 10.2. The molecule has 1 fully saturated rings. The van der Waals surface area contributed by atoms with Gasteiger partial charge in [-0.3, -0.25) is 9.59 Å². The highest BCUT2D eigenvalue weighted by Crippen LogP contribution is 2.23. The molecule has 1 saturated heterocycles. The van der Waals surface area contributed by atoms with E-state index in [-0.39, 0.29) is 24.2 Å². The van der Waals surface area contributed by atoms with Gasteiger partial charge < -0.3 is 15.0 Å². The van der Waals surface area contributed by atoms with Crippen LogP contribution in [0.2, 0.25) is 0 Å². The minimum atomic E-state index is -0.328. The van der Waals surface area contributed by atoms with Crippen molar-refractivity contribution < 1.29 is 18.7 Å². The molecule has 1 N–H and O–H groups in total. The van der Waals surface area contributed by atoms with Gasteiger partial charge in [0.1, 0.15) is 28.9 Å². The molecule has 0 saturated carbocycles. The molecular weight excluding hydrogens is 393 g/mol. The summed E-state index contributed by atoms with van der Waals surface area (Å²) < 4.78 is 18.5. The standard InChI is InChI=1S/C21H18FN3O3S/c22-14-3-9-17(10-4-14)28-12-19-24-18(13-29-19)21(27)23-15-5-7-16(8-6-15)25-11-1-2-20(25)26/h3-10,13H,1-2,11-12H2,(H,23,27). The van der Waals surface area contributed by atoms with E-state index in [2.05, 4.69) is 10.3 Å². The Labute approximate surface area is 171 Å². The molecule has 2 aromatic carbocycles. The van der Waals surface area contributed by atoms with Crippen molar-refractivity contribution in [2.75, 3.05) is 16.8 Å². The monoisotopic (exact) mass is 411 g/mol. The van der Waals surface area contributed by atoms with Crippen LogP contribution in [0.15, 0.2) is 53.9 Å². The number of aromatic nitrogens is 1. The maximum atomic E-state index is 12.9. The van der Waals surface area contributed by atoms with Gasteiger partial charge in [-0.1, -0.05) is 0 Å². The SMILES string of the molecule is O=C(Nc1ccc(N2CCCC2=O)cc1)c1csc(COc2ccc(F)cc2)n1. The molecule has 0 unspecified atom stereocenters. The van der Waals surface area contributed by atoms with E-state index >= 15 is 0 Å². The number of halogens is 1. The number of nitrogens with one attached hydrogen (secondary N) is 1. The van der Waals surface area contributed by atoms with Gasteiger partial charge in [-0.05, 0) is 55.0 Å². The van der Waals surface area contributed by atoms with Crippen LogP contribution in [0, 0.1) is 5.82 Å². The maximum Gasteiger partial charge on any atom is 0.275 e. The van der Waals surface area contributed by atoms with Crippen LogP contribution in [0.1, 0.15) is 28.3 Å². The molecule has 0 aliphatic carbocycles. The molecule has 6 nitrogen and oxygen atoms in total. The number of ether oxygens (including phenoxy) is 1. The summed E-state index contributed by atoms with van der Waals surface area (Å²) in [6, 6.07) is 12.9. The van der Waals surface area contributed by atoms with Gasteiger partial charge in [0.15, 0.2) is 0 Å². The van der Waals surface area contributed by atoms with E-state index in [0.717, 1.165) is 18.7 Å². The predicted molar refractivity (Wildman–Crippen MR) is 109 cm³/mol. The largest absolute Gasteiger partial charge is 0.486 e. The van der Waals surface area contributed by atoms with Gasteiger partial charge in [-0.2, -0.15) is 0 Å². The van der Waals surface area contributed by atoms with E-state index in [1.807, 2.05) is 12.1 Å². The van der Waals surface area contributed by atoms with E-state index < -0.39 is 0 Å². The molecule has 8 heteroatoms. The van der Waals surface area contributed by atoms with Crippen LogP contribution in [0.4, 0.5) is 15.8 Å². The van der Waals surface area contributed by atoms with Crippen molar-refractivity contribution in [1.29, 1.82) is 0 Å². The van der Waals surface area contributed by atoms with E-state index in [9.17, 15) is 14.0 Å². The van der Waals surface area contributed by atoms with Crippen LogP contribution in [-0.2, 0) is 11.4 Å². The Hall–Kier alpha value is -3.26. The fourth-order valence-electron chi connectivity index (χ4n) is 3.00. The van der Waals surface area contributed by atoms with Gasteiger partial charge in [0.05, 0.1) is 0 Å². The normalized spacial score (nSPS) is 13.6. The number of carbonyl (C=O) groups is 2. The van der Waals surface area contributed by atoms with Crippen LogP contribution in [-0.4, -0.2) is 23.3 Å². The number of carbonyl (C=O) groups excluding carboxylic acids is 2. The lowest BCUT2D eigenvalue weighted by Crippen LogP contribution is -2.23. The molecule has 2 amide bonds. The van der Waals surface area contributed by atoms with Crippen molar-refractivity contribution in [3.8, 4) is 5.75 Å². The average Bonchev–Trinajstić information content (AvgIpc) is 3.37. The minimum absolute atomic E-state index is 0.125. The third-order valence-corrected chi connectivity index (χ3v) is 5.29. The Morgan fingerprint density at radius 1 is 1.17 bits per heavy atom. The molecule has 29 heavy (non-hydrogen) atoms. The molecule has 2 heterocycles. The van der Waals surface area contributed by atoms with Crippen LogP contribution < -0.4 is 15.0 Å². The fraction of sp³-hybridized carbons (Fsp3) is 0.190. The molecule has 1 aromatic heterocycles. The summed E-state index contributed by atoms with van der Waals surface area (Å²) in [7, 11) is 0. The zero-order valence-corrected chi connectivity index (χ0v) is 16.2. The quantitative estimate of drug-likeness (QED) is 0.659. The first-order valence-electron chi connectivity index (χ1n) is 9.13. The van der Waals surface area contributed by atoms with Crippen LogP contribution in [0.3, 0.4) is 0 Å². The van der Waals surface area contributed by atoms with Crippen molar-refractivity contribution >= 4 is 34.5 Å². The number of hydrogen-bond donors (Lipinski definition) is 1. The van der Waals surface area contributed by atoms with Gasteiger partial charge in [-0.25, -0.2) is 9.37 Å². The van der Waals surface area contributed by atoms with Crippen molar-refractivity contribution in [3.63, 3.8) is 0 Å². The topological polar surface area (TPSA) is 71.5 Å². The number of amides is 2. The molecule has 0 spiro atoms. The Balaban J connectivity index is 1.34. The second-order valence-electron chi connectivity index (χ2n) is 6.52. The summed E-state index contributed by atoms with van der Waals surface area (Å²) in [5.41, 5.74) is 1.76. The Morgan fingerprint density at radius 3 is 2.62 bits per heavy atom. The first-order valence-corrected chi connectivity index (χ1v) is 10.0. The van der Waals surface area contributed by atoms with Crippen molar-refractivity contribution in [2.45, 2.75) is 19.4 Å². The van der Waals surface area contributed by atoms with Gasteiger partial charge in [0, 0.05) is 29.7 Å². The molecule has 1 aliphatic heterocycles. The highest BCUT2D eigenvalue weighted by Gasteiger charge is 2.21. The van der Waals surface area contributed by atoms with Gasteiger partial charge >= 0.3 is 0 Å². The fourth-order valence-corrected chi connectivity index (χ4v) is 3.68. The van der Waals surface area contributed by atoms with E-state index in [1.165, 1.54) is 35.6 Å². The summed E-state index contributed by atoms with van der Waals surface area (Å²) in [6.07, 6.45) is 1.45. The first kappa shape index (κ1) is 19.1. The second kappa shape index (κ2) is 8.40. The summed E-state index contributed by atoms with van der Waals surface area (Å²) in [6.45, 7) is 0.925. The van der Waals surface area contributed by atoms with Crippen molar-refractivity contribution in [1.82, 2.24) is 4.98 Å². The van der Waals surface area contributed by atoms with Gasteiger partial charge in [0.2, 0.25) is 5.91 Å². The third kappa shape index (κ3) is 4.60. The maximum absolute atomic E-state index is 12.9. The van der Waals surface area contributed by atoms with E-state index in [4.69, 9.17) is 4.74 Å². The van der Waals surface area contributed by atoms with Crippen LogP contribution in [0.5, 0.6) is 5.75 Å². The molecule has 0 bridgehead atoms. The summed E-state index contributed by atoms with van der Waals surface area (Å²) in [5, 5.41) is 5.10. The highest BCUT2D eigenvalue weighted by atomic mass is 32.1. The van der Waals surface area contributed by atoms with Gasteiger partial charge in [0.25, 0.3) is 5.91 Å². The number of rotatable bonds is 6. The lowest BCUT2D eigenvalue weighted by molar-refractivity contribution is -0.117. The Morgan fingerprint density at radius 2 is 1.93 bits per heavy atom. The second-order valence-corrected chi connectivity index (χ2v) is 7.46. The summed E-state index contributed by atoms with van der Waals surface area (Å²) in [5.74, 6) is 0.00807. The zero-order valence-electron chi connectivity index (χ0n) is 15.4. The summed E-state index contributed by atoms with van der Waals surface area (Å²) in [4.78, 5) is 30.3. The zero-order chi connectivity index (χ0) is 20.2. The molecule has 148 valence electrons. The minimum Gasteiger partial charge on any atom is -0.486 e. The number of anilines is 2. The molecule has 1 aliphatic rings. The number of nitrogens with zero attached hydrogens (tertiary/aromatic N) is 2. The number of hydrogen-bond acceptors (Lipinski definition) is 5. The molecular formula is C21H18FN3O3S. The third-order valence-electron chi connectivity index (χ3n) is 4.47. The van der Waals surface area contributed by atoms with Gasteiger partial charge in [-0.15, -0.1) is 11.3 Å². The first-order chi connectivity index (χ1) is 14.1. The highest BCUT2D eigenvalue weighted by molar-refractivity contribution is 7.09. The lowest BCUT2D eigenvalue weighted by Gasteiger charge is -2.16. The van der Waals surface area contributed by atoms with Crippen molar-refractivity contribution in [2.24, 2.45) is 0 Å². The number of thiazole rings is 1. The molecule has 0 atom stereocenters. The smallest absolute Gasteiger partial charge is 0.275 e. The average molecular weight is 411 g/mol.